The molecule has 0 spiro atoms. The highest BCUT2D eigenvalue weighted by molar-refractivity contribution is 5.70. The maximum atomic E-state index is 14.2. The molecule has 0 radical (unpaired) electrons. The first kappa shape index (κ1) is 48.5. The predicted octanol–water partition coefficient (Wildman–Crippen LogP) is -2.61. The molecule has 0 bridgehead atoms. The van der Waals surface area contributed by atoms with E-state index in [1.54, 1.807) is 0 Å². The molecule has 0 amide bonds. The number of carbonyl (C=O) groups is 3. The number of halogens is 8. The van der Waals surface area contributed by atoms with Gasteiger partial charge in [-0.3, -0.25) is 9.59 Å². The molecule has 0 aliphatic rings. The van der Waals surface area contributed by atoms with Crippen molar-refractivity contribution in [3.05, 3.63) is 62.9 Å². The first-order valence-electron chi connectivity index (χ1n) is 16.1. The number of nitrogens with zero attached hydrogens (tertiary/aromatic N) is 6. The minimum Gasteiger partial charge on any atom is -0.464 e. The van der Waals surface area contributed by atoms with E-state index in [2.05, 4.69) is 14.2 Å². The van der Waals surface area contributed by atoms with E-state index in [0.29, 0.717) is 13.7 Å². The molecule has 0 aliphatic heterocycles. The monoisotopic (exact) mass is 862 g/mol. The van der Waals surface area contributed by atoms with Crippen molar-refractivity contribution in [3.63, 3.8) is 0 Å². The number of rotatable bonds is 21. The van der Waals surface area contributed by atoms with E-state index in [-0.39, 0.29) is 26.9 Å². The van der Waals surface area contributed by atoms with Crippen molar-refractivity contribution in [2.45, 2.75) is 82.7 Å². The quantitative estimate of drug-likeness (QED) is 0.0740. The summed E-state index contributed by atoms with van der Waals surface area (Å²) in [6.07, 6.45) is -20.5. The smallest absolute Gasteiger partial charge is 0.464 e. The van der Waals surface area contributed by atoms with Crippen LogP contribution in [0.3, 0.4) is 0 Å². The van der Waals surface area contributed by atoms with Gasteiger partial charge in [-0.05, 0) is 6.92 Å². The first-order valence-corrected chi connectivity index (χ1v) is 16.1. The van der Waals surface area contributed by atoms with Crippen molar-refractivity contribution < 1.29 is 83.4 Å². The van der Waals surface area contributed by atoms with Crippen LogP contribution in [0.5, 0.6) is 0 Å². The Labute approximate surface area is 315 Å². The van der Waals surface area contributed by atoms with Crippen molar-refractivity contribution in [2.24, 2.45) is 7.05 Å². The van der Waals surface area contributed by atoms with E-state index in [1.165, 1.54) is 7.11 Å². The third kappa shape index (κ3) is 10.6. The first-order chi connectivity index (χ1) is 26.7. The van der Waals surface area contributed by atoms with Crippen molar-refractivity contribution in [2.75, 3.05) is 33.5 Å². The standard InChI is InChI=1S/C28H34F8N6O16/c1-15(44)14-56-24(53)58-28(35,36)26(31,32)25(29,30)27(33,34)57-17(46)5-7-39-19(48)37(2)18(47)38(20(39)49)6-4-16(45)55-13-10-42-22(51)40(8-11-43)21(50)41(23(42)52)9-12-54-3/h15,43-44H,4-14H2,1-3H3. The molecule has 0 saturated carbocycles. The molecule has 0 aliphatic carbocycles. The number of aliphatic hydroxyl groups is 2. The van der Waals surface area contributed by atoms with E-state index in [0.717, 1.165) is 14.0 Å². The number of aliphatic hydroxyl groups excluding tert-OH is 2. The zero-order valence-corrected chi connectivity index (χ0v) is 30.2. The Hall–Kier alpha value is -5.65. The lowest BCUT2D eigenvalue weighted by Crippen LogP contribution is -2.64. The summed E-state index contributed by atoms with van der Waals surface area (Å²) in [6, 6.07) is 0. The molecule has 0 saturated heterocycles. The van der Waals surface area contributed by atoms with Gasteiger partial charge in [0.15, 0.2) is 0 Å². The van der Waals surface area contributed by atoms with Crippen molar-refractivity contribution in [1.82, 2.24) is 27.4 Å². The topological polar surface area (TPSA) is 270 Å². The third-order valence-corrected chi connectivity index (χ3v) is 7.40. The van der Waals surface area contributed by atoms with E-state index >= 15 is 0 Å². The van der Waals surface area contributed by atoms with Crippen LogP contribution in [0.1, 0.15) is 19.8 Å². The molecule has 2 rings (SSSR count). The minimum atomic E-state index is -7.33. The lowest BCUT2D eigenvalue weighted by molar-refractivity contribution is -0.448. The Morgan fingerprint density at radius 1 is 0.603 bits per heavy atom. The molecule has 1 unspecified atom stereocenters. The highest BCUT2D eigenvalue weighted by atomic mass is 19.4. The number of ether oxygens (including phenoxy) is 5. The zero-order chi connectivity index (χ0) is 44.6. The lowest BCUT2D eigenvalue weighted by atomic mass is 10.1. The second-order valence-electron chi connectivity index (χ2n) is 11.6. The lowest BCUT2D eigenvalue weighted by Gasteiger charge is -2.34. The Kier molecular flexibility index (Phi) is 16.1. The molecule has 22 nitrogen and oxygen atoms in total. The summed E-state index contributed by atoms with van der Waals surface area (Å²) in [5.74, 6) is -18.5. The molecule has 2 aromatic rings. The Morgan fingerprint density at radius 3 is 1.43 bits per heavy atom. The van der Waals surface area contributed by atoms with Gasteiger partial charge in [-0.2, -0.15) is 35.1 Å². The molecule has 2 N–H and O–H groups in total. The molecule has 30 heteroatoms. The number of carbonyl (C=O) groups excluding carboxylic acids is 3. The highest BCUT2D eigenvalue weighted by Gasteiger charge is 2.85. The molecule has 1 atom stereocenters. The molecule has 58 heavy (non-hydrogen) atoms. The number of hydrogen-bond donors (Lipinski definition) is 2. The summed E-state index contributed by atoms with van der Waals surface area (Å²) >= 11 is 0. The van der Waals surface area contributed by atoms with E-state index in [4.69, 9.17) is 14.6 Å². The van der Waals surface area contributed by atoms with Crippen molar-refractivity contribution in [3.8, 4) is 0 Å². The van der Waals surface area contributed by atoms with Crippen LogP contribution in [0, 0.1) is 0 Å². The average molecular weight is 863 g/mol. The second-order valence-corrected chi connectivity index (χ2v) is 11.6. The van der Waals surface area contributed by atoms with Gasteiger partial charge >= 0.3 is 76.3 Å². The summed E-state index contributed by atoms with van der Waals surface area (Å²) in [6.45, 7) is -5.60. The molecule has 2 heterocycles. The molecule has 0 fully saturated rings. The molecular weight excluding hydrogens is 828 g/mol. The molecule has 328 valence electrons. The summed E-state index contributed by atoms with van der Waals surface area (Å²) in [4.78, 5) is 111. The number of alkyl halides is 8. The van der Waals surface area contributed by atoms with Gasteiger partial charge in [0.2, 0.25) is 0 Å². The van der Waals surface area contributed by atoms with Crippen LogP contribution in [0.2, 0.25) is 0 Å². The van der Waals surface area contributed by atoms with E-state index in [1.807, 2.05) is 0 Å². The molecule has 2 aromatic heterocycles. The number of aromatic nitrogens is 6. The van der Waals surface area contributed by atoms with Gasteiger partial charge in [0, 0.05) is 27.2 Å². The fourth-order valence-electron chi connectivity index (χ4n) is 4.41. The van der Waals surface area contributed by atoms with Gasteiger partial charge in [-0.15, -0.1) is 0 Å². The summed E-state index contributed by atoms with van der Waals surface area (Å²) < 4.78 is 133. The Morgan fingerprint density at radius 2 is 1.00 bits per heavy atom. The van der Waals surface area contributed by atoms with Crippen LogP contribution in [-0.2, 0) is 73.0 Å². The van der Waals surface area contributed by atoms with Gasteiger partial charge in [0.25, 0.3) is 0 Å². The summed E-state index contributed by atoms with van der Waals surface area (Å²) in [7, 11) is 2.00. The molecular formula is C28H34F8N6O16. The zero-order valence-electron chi connectivity index (χ0n) is 30.2. The van der Waals surface area contributed by atoms with Gasteiger partial charge in [0.05, 0.1) is 51.8 Å². The van der Waals surface area contributed by atoms with Crippen LogP contribution in [0.25, 0.3) is 0 Å². The van der Waals surface area contributed by atoms with E-state index < -0.39 is 141 Å². The maximum absolute atomic E-state index is 14.2. The SMILES string of the molecule is COCCn1c(=O)n(CCO)c(=O)n(CCOC(=O)CCn2c(=O)n(C)c(=O)n(CCC(=O)OC(F)(F)C(F)(F)C(F)(F)C(F)(F)OC(=O)OCC(C)O)c2=O)c1=O. The van der Waals surface area contributed by atoms with Crippen LogP contribution in [0.4, 0.5) is 39.9 Å². The van der Waals surface area contributed by atoms with Gasteiger partial charge in [-0.25, -0.2) is 61.0 Å². The van der Waals surface area contributed by atoms with Crippen LogP contribution in [-0.4, -0.2) is 119 Å². The summed E-state index contributed by atoms with van der Waals surface area (Å²) in [5.41, 5.74) is -8.02. The number of methoxy groups -OCH3 is 1. The fourth-order valence-corrected chi connectivity index (χ4v) is 4.41. The number of hydrogen-bond acceptors (Lipinski definition) is 16. The maximum Gasteiger partial charge on any atom is 0.513 e. The Bertz CT molecular complexity index is 2190. The highest BCUT2D eigenvalue weighted by Crippen LogP contribution is 2.53. The van der Waals surface area contributed by atoms with Crippen LogP contribution < -0.4 is 34.1 Å². The third-order valence-electron chi connectivity index (χ3n) is 7.40. The second kappa shape index (κ2) is 19.2. The largest absolute Gasteiger partial charge is 0.513 e. The fraction of sp³-hybridized carbons (Fsp3) is 0.679. The van der Waals surface area contributed by atoms with Gasteiger partial charge in [0.1, 0.15) is 13.2 Å². The van der Waals surface area contributed by atoms with Crippen molar-refractivity contribution in [1.29, 1.82) is 0 Å². The van der Waals surface area contributed by atoms with E-state index in [9.17, 15) is 83.4 Å². The van der Waals surface area contributed by atoms with Gasteiger partial charge < -0.3 is 33.9 Å². The van der Waals surface area contributed by atoms with Gasteiger partial charge in [-0.1, -0.05) is 0 Å². The molecule has 0 aromatic carbocycles. The summed E-state index contributed by atoms with van der Waals surface area (Å²) in [5, 5.41) is 18.1. The van der Waals surface area contributed by atoms with Crippen LogP contribution in [0.15, 0.2) is 28.8 Å². The minimum absolute atomic E-state index is 0.0535. The predicted molar refractivity (Wildman–Crippen MR) is 169 cm³/mol. The van der Waals surface area contributed by atoms with Crippen molar-refractivity contribution >= 4 is 18.1 Å². The van der Waals surface area contributed by atoms with Crippen LogP contribution >= 0.6 is 0 Å². The Balaban J connectivity index is 2.19. The number of esters is 2. The average Bonchev–Trinajstić information content (AvgIpc) is 3.12. The normalized spacial score (nSPS) is 12.9.